The number of hydrogen-bond acceptors (Lipinski definition) is 3. The highest BCUT2D eigenvalue weighted by Crippen LogP contribution is 2.37. The molecular weight excluding hydrogens is 362 g/mol. The second kappa shape index (κ2) is 5.84. The van der Waals surface area contributed by atoms with Crippen LogP contribution in [0.25, 0.3) is 0 Å². The van der Waals surface area contributed by atoms with Gasteiger partial charge in [-0.25, -0.2) is 4.98 Å². The quantitative estimate of drug-likeness (QED) is 0.806. The smallest absolute Gasteiger partial charge is 0.143 e. The average Bonchev–Trinajstić information content (AvgIpc) is 3.08. The van der Waals surface area contributed by atoms with Crippen molar-refractivity contribution < 1.29 is 0 Å². The SMILES string of the molecule is Clc1cnc(N2CC3CC2CN3Cc2ccccc2)c(Br)c1. The van der Waals surface area contributed by atoms with Gasteiger partial charge in [-0.1, -0.05) is 41.9 Å². The molecule has 0 amide bonds. The number of benzene rings is 1. The molecule has 5 heteroatoms. The maximum absolute atomic E-state index is 6.00. The molecular formula is C17H17BrClN3. The molecule has 2 aromatic rings. The van der Waals surface area contributed by atoms with Crippen molar-refractivity contribution in [3.05, 3.63) is 57.7 Å². The lowest BCUT2D eigenvalue weighted by molar-refractivity contribution is 0.230. The van der Waals surface area contributed by atoms with Crippen LogP contribution in [0.5, 0.6) is 0 Å². The lowest BCUT2D eigenvalue weighted by Gasteiger charge is -2.35. The summed E-state index contributed by atoms with van der Waals surface area (Å²) < 4.78 is 0.988. The molecule has 2 unspecified atom stereocenters. The van der Waals surface area contributed by atoms with E-state index in [1.807, 2.05) is 6.07 Å². The van der Waals surface area contributed by atoms with Crippen LogP contribution in [0.2, 0.25) is 5.02 Å². The van der Waals surface area contributed by atoms with Gasteiger partial charge in [0.05, 0.1) is 9.50 Å². The Labute approximate surface area is 144 Å². The van der Waals surface area contributed by atoms with Gasteiger partial charge in [-0.2, -0.15) is 0 Å². The predicted octanol–water partition coefficient (Wildman–Crippen LogP) is 3.96. The number of hydrogen-bond donors (Lipinski definition) is 0. The third-order valence-electron chi connectivity index (χ3n) is 4.64. The number of likely N-dealkylation sites (tertiary alicyclic amines) is 1. The number of nitrogens with zero attached hydrogens (tertiary/aromatic N) is 3. The van der Waals surface area contributed by atoms with Crippen LogP contribution in [0, 0.1) is 0 Å². The minimum absolute atomic E-state index is 0.554. The first kappa shape index (κ1) is 14.5. The zero-order valence-corrected chi connectivity index (χ0v) is 14.5. The molecule has 1 aromatic carbocycles. The molecule has 0 spiro atoms. The first-order valence-corrected chi connectivity index (χ1v) is 8.73. The van der Waals surface area contributed by atoms with E-state index in [0.29, 0.717) is 17.1 Å². The molecule has 2 fully saturated rings. The van der Waals surface area contributed by atoms with Crippen LogP contribution in [0.1, 0.15) is 12.0 Å². The third-order valence-corrected chi connectivity index (χ3v) is 5.43. The molecule has 0 N–H and O–H groups in total. The summed E-state index contributed by atoms with van der Waals surface area (Å²) in [6.07, 6.45) is 2.96. The van der Waals surface area contributed by atoms with Gasteiger partial charge in [-0.3, -0.25) is 4.90 Å². The van der Waals surface area contributed by atoms with Crippen molar-refractivity contribution in [2.45, 2.75) is 25.0 Å². The van der Waals surface area contributed by atoms with E-state index in [9.17, 15) is 0 Å². The largest absolute Gasteiger partial charge is 0.350 e. The summed E-state index contributed by atoms with van der Waals surface area (Å²) in [5.41, 5.74) is 1.40. The number of piperazine rings is 1. The van der Waals surface area contributed by atoms with Gasteiger partial charge < -0.3 is 4.90 Å². The van der Waals surface area contributed by atoms with Crippen molar-refractivity contribution in [3.63, 3.8) is 0 Å². The molecule has 22 heavy (non-hydrogen) atoms. The van der Waals surface area contributed by atoms with Crippen LogP contribution in [-0.4, -0.2) is 35.1 Å². The summed E-state index contributed by atoms with van der Waals surface area (Å²) in [5.74, 6) is 1.02. The standard InChI is InChI=1S/C17H17BrClN3/c18-16-6-13(19)8-20-17(16)22-11-14-7-15(22)10-21(14)9-12-4-2-1-3-5-12/h1-6,8,14-15H,7,9-11H2. The summed E-state index contributed by atoms with van der Waals surface area (Å²) in [6.45, 7) is 3.20. The Kier molecular flexibility index (Phi) is 3.84. The van der Waals surface area contributed by atoms with Crippen LogP contribution in [0.15, 0.2) is 47.1 Å². The Bertz CT molecular complexity index is 679. The minimum Gasteiger partial charge on any atom is -0.350 e. The van der Waals surface area contributed by atoms with Gasteiger partial charge in [0.15, 0.2) is 0 Å². The lowest BCUT2D eigenvalue weighted by Crippen LogP contribution is -2.46. The molecule has 2 atom stereocenters. The fourth-order valence-corrected chi connectivity index (χ4v) is 4.51. The number of rotatable bonds is 3. The maximum atomic E-state index is 6.00. The summed E-state index contributed by atoms with van der Waals surface area (Å²) in [5, 5.41) is 0.672. The highest BCUT2D eigenvalue weighted by molar-refractivity contribution is 9.10. The van der Waals surface area contributed by atoms with E-state index in [4.69, 9.17) is 11.6 Å². The van der Waals surface area contributed by atoms with Gasteiger partial charge in [0.25, 0.3) is 0 Å². The minimum atomic E-state index is 0.554. The van der Waals surface area contributed by atoms with Gasteiger partial charge >= 0.3 is 0 Å². The van der Waals surface area contributed by atoms with Gasteiger partial charge in [0.1, 0.15) is 5.82 Å². The molecule has 2 bridgehead atoms. The van der Waals surface area contributed by atoms with E-state index < -0.39 is 0 Å². The zero-order valence-electron chi connectivity index (χ0n) is 12.1. The van der Waals surface area contributed by atoms with E-state index in [-0.39, 0.29) is 0 Å². The first-order chi connectivity index (χ1) is 10.7. The normalized spacial score (nSPS) is 24.2. The van der Waals surface area contributed by atoms with Crippen LogP contribution < -0.4 is 4.90 Å². The fraction of sp³-hybridized carbons (Fsp3) is 0.353. The van der Waals surface area contributed by atoms with Crippen molar-refractivity contribution in [2.24, 2.45) is 0 Å². The summed E-state index contributed by atoms with van der Waals surface area (Å²) in [7, 11) is 0. The Morgan fingerprint density at radius 2 is 2.00 bits per heavy atom. The Morgan fingerprint density at radius 3 is 2.68 bits per heavy atom. The van der Waals surface area contributed by atoms with Crippen molar-refractivity contribution in [1.29, 1.82) is 0 Å². The second-order valence-corrected chi connectivity index (χ2v) is 7.36. The number of halogens is 2. The second-order valence-electron chi connectivity index (χ2n) is 6.07. The zero-order chi connectivity index (χ0) is 15.1. The first-order valence-electron chi connectivity index (χ1n) is 7.56. The van der Waals surface area contributed by atoms with Gasteiger partial charge in [0, 0.05) is 37.9 Å². The lowest BCUT2D eigenvalue weighted by atomic mass is 10.2. The Hall–Kier alpha value is -1.10. The van der Waals surface area contributed by atoms with Crippen molar-refractivity contribution >= 4 is 33.3 Å². The Balaban J connectivity index is 1.48. The van der Waals surface area contributed by atoms with Crippen molar-refractivity contribution in [3.8, 4) is 0 Å². The molecule has 114 valence electrons. The fourth-order valence-electron chi connectivity index (χ4n) is 3.64. The van der Waals surface area contributed by atoms with Crippen LogP contribution in [0.4, 0.5) is 5.82 Å². The van der Waals surface area contributed by atoms with Crippen LogP contribution in [-0.2, 0) is 6.54 Å². The van der Waals surface area contributed by atoms with E-state index in [1.165, 1.54) is 12.0 Å². The van der Waals surface area contributed by atoms with Crippen LogP contribution in [0.3, 0.4) is 0 Å². The molecule has 2 aliphatic rings. The van der Waals surface area contributed by atoms with Gasteiger partial charge in [-0.05, 0) is 34.0 Å². The van der Waals surface area contributed by atoms with Crippen molar-refractivity contribution in [2.75, 3.05) is 18.0 Å². The third kappa shape index (κ3) is 2.64. The molecule has 2 aliphatic heterocycles. The van der Waals surface area contributed by atoms with Crippen LogP contribution >= 0.6 is 27.5 Å². The summed E-state index contributed by atoms with van der Waals surface area (Å²) in [6, 6.07) is 13.8. The van der Waals surface area contributed by atoms with Gasteiger partial charge in [0.2, 0.25) is 0 Å². The molecule has 2 saturated heterocycles. The van der Waals surface area contributed by atoms with Crippen molar-refractivity contribution in [1.82, 2.24) is 9.88 Å². The van der Waals surface area contributed by atoms with Gasteiger partial charge in [-0.15, -0.1) is 0 Å². The molecule has 4 rings (SSSR count). The molecule has 3 heterocycles. The highest BCUT2D eigenvalue weighted by Gasteiger charge is 2.43. The Morgan fingerprint density at radius 1 is 1.18 bits per heavy atom. The number of fused-ring (bicyclic) bond motifs is 2. The number of aromatic nitrogens is 1. The number of anilines is 1. The monoisotopic (exact) mass is 377 g/mol. The summed E-state index contributed by atoms with van der Waals surface area (Å²) >= 11 is 9.59. The van der Waals surface area contributed by atoms with E-state index in [0.717, 1.165) is 29.9 Å². The molecule has 0 radical (unpaired) electrons. The highest BCUT2D eigenvalue weighted by atomic mass is 79.9. The summed E-state index contributed by atoms with van der Waals surface area (Å²) in [4.78, 5) is 9.54. The molecule has 1 aromatic heterocycles. The predicted molar refractivity (Wildman–Crippen MR) is 93.3 cm³/mol. The van der Waals surface area contributed by atoms with E-state index in [2.05, 4.69) is 61.0 Å². The topological polar surface area (TPSA) is 19.4 Å². The molecule has 0 aliphatic carbocycles. The average molecular weight is 379 g/mol. The molecule has 3 nitrogen and oxygen atoms in total. The number of pyridine rings is 1. The molecule has 0 saturated carbocycles. The van der Waals surface area contributed by atoms with E-state index >= 15 is 0 Å². The maximum Gasteiger partial charge on any atom is 0.143 e. The van der Waals surface area contributed by atoms with E-state index in [1.54, 1.807) is 6.20 Å².